The highest BCUT2D eigenvalue weighted by Crippen LogP contribution is 2.65. The van der Waals surface area contributed by atoms with Gasteiger partial charge in [0.15, 0.2) is 0 Å². The average molecular weight is 304 g/mol. The lowest BCUT2D eigenvalue weighted by molar-refractivity contribution is -0.143. The van der Waals surface area contributed by atoms with Crippen molar-refractivity contribution in [3.05, 3.63) is 0 Å². The summed E-state index contributed by atoms with van der Waals surface area (Å²) in [5.74, 6) is 3.82. The van der Waals surface area contributed by atoms with Gasteiger partial charge >= 0.3 is 0 Å². The number of carbonyl (C=O) groups excluding carboxylic acids is 1. The number of ether oxygens (including phenoxy) is 1. The molecular formula is C20H32O2. The van der Waals surface area contributed by atoms with Crippen LogP contribution in [-0.4, -0.2) is 19.0 Å². The summed E-state index contributed by atoms with van der Waals surface area (Å²) in [6.07, 6.45) is 11.6. The van der Waals surface area contributed by atoms with E-state index in [0.717, 1.165) is 30.6 Å². The van der Waals surface area contributed by atoms with Crippen molar-refractivity contribution in [3.8, 4) is 0 Å². The Kier molecular flexibility index (Phi) is 3.49. The molecule has 4 aliphatic rings. The van der Waals surface area contributed by atoms with E-state index in [1.807, 2.05) is 7.11 Å². The minimum absolute atomic E-state index is 0.0358. The lowest BCUT2D eigenvalue weighted by Crippen LogP contribution is -2.54. The third kappa shape index (κ3) is 1.92. The lowest BCUT2D eigenvalue weighted by Gasteiger charge is -2.60. The Morgan fingerprint density at radius 2 is 1.82 bits per heavy atom. The second-order valence-electron chi connectivity index (χ2n) is 9.21. The maximum atomic E-state index is 12.4. The van der Waals surface area contributed by atoms with Crippen molar-refractivity contribution < 1.29 is 9.53 Å². The largest absolute Gasteiger partial charge is 0.381 e. The first kappa shape index (κ1) is 15.2. The van der Waals surface area contributed by atoms with Gasteiger partial charge in [0, 0.05) is 18.9 Å². The normalized spacial score (nSPS) is 54.5. The van der Waals surface area contributed by atoms with Crippen LogP contribution in [0.4, 0.5) is 0 Å². The molecule has 22 heavy (non-hydrogen) atoms. The first-order valence-corrected chi connectivity index (χ1v) is 9.55. The molecule has 0 heterocycles. The zero-order valence-electron chi connectivity index (χ0n) is 14.6. The van der Waals surface area contributed by atoms with Gasteiger partial charge < -0.3 is 4.74 Å². The Bertz CT molecular complexity index is 472. The van der Waals surface area contributed by atoms with Crippen LogP contribution in [0.5, 0.6) is 0 Å². The second-order valence-corrected chi connectivity index (χ2v) is 9.21. The molecule has 0 amide bonds. The molecule has 4 saturated carbocycles. The van der Waals surface area contributed by atoms with E-state index in [1.165, 1.54) is 44.9 Å². The number of rotatable bonds is 1. The molecule has 4 aliphatic carbocycles. The molecule has 0 aromatic rings. The summed E-state index contributed by atoms with van der Waals surface area (Å²) in [6.45, 7) is 4.87. The van der Waals surface area contributed by atoms with Gasteiger partial charge in [-0.2, -0.15) is 0 Å². The Labute approximate surface area is 135 Å². The zero-order valence-corrected chi connectivity index (χ0v) is 14.6. The minimum Gasteiger partial charge on any atom is -0.381 e. The molecule has 0 saturated heterocycles. The molecule has 1 unspecified atom stereocenters. The summed E-state index contributed by atoms with van der Waals surface area (Å²) in [6, 6.07) is 0. The van der Waals surface area contributed by atoms with Crippen molar-refractivity contribution in [2.45, 2.75) is 77.7 Å². The van der Waals surface area contributed by atoms with Crippen LogP contribution in [0, 0.1) is 34.5 Å². The summed E-state index contributed by atoms with van der Waals surface area (Å²) in [5.41, 5.74) is 0.555. The molecule has 0 aromatic carbocycles. The Balaban J connectivity index is 1.60. The third-order valence-electron chi connectivity index (χ3n) is 8.66. The molecule has 7 atom stereocenters. The number of hydrogen-bond acceptors (Lipinski definition) is 2. The summed E-state index contributed by atoms with van der Waals surface area (Å²) < 4.78 is 5.68. The number of ketones is 1. The fourth-order valence-electron chi connectivity index (χ4n) is 7.20. The van der Waals surface area contributed by atoms with E-state index in [-0.39, 0.29) is 5.41 Å². The number of fused-ring (bicyclic) bond motifs is 5. The maximum Gasteiger partial charge on any atom is 0.139 e. The number of carbonyl (C=O) groups is 1. The molecule has 0 radical (unpaired) electrons. The van der Waals surface area contributed by atoms with Gasteiger partial charge in [0.2, 0.25) is 0 Å². The van der Waals surface area contributed by atoms with Gasteiger partial charge in [-0.3, -0.25) is 4.79 Å². The van der Waals surface area contributed by atoms with Crippen molar-refractivity contribution >= 4 is 5.78 Å². The molecule has 0 N–H and O–H groups in total. The van der Waals surface area contributed by atoms with Gasteiger partial charge in [-0.1, -0.05) is 13.8 Å². The van der Waals surface area contributed by atoms with E-state index in [2.05, 4.69) is 13.8 Å². The van der Waals surface area contributed by atoms with E-state index in [1.54, 1.807) is 0 Å². The average Bonchev–Trinajstić information content (AvgIpc) is 2.82. The van der Waals surface area contributed by atoms with Crippen LogP contribution in [0.1, 0.15) is 71.6 Å². The third-order valence-corrected chi connectivity index (χ3v) is 8.66. The monoisotopic (exact) mass is 304 g/mol. The molecule has 2 heteroatoms. The topological polar surface area (TPSA) is 26.3 Å². The minimum atomic E-state index is 0.0358. The summed E-state index contributed by atoms with van der Waals surface area (Å²) in [5, 5.41) is 0. The smallest absolute Gasteiger partial charge is 0.139 e. The summed E-state index contributed by atoms with van der Waals surface area (Å²) >= 11 is 0. The van der Waals surface area contributed by atoms with Gasteiger partial charge in [0.05, 0.1) is 6.10 Å². The lowest BCUT2D eigenvalue weighted by atomic mass is 9.45. The van der Waals surface area contributed by atoms with E-state index >= 15 is 0 Å². The fraction of sp³-hybridized carbons (Fsp3) is 0.950. The molecule has 0 aromatic heterocycles. The fourth-order valence-corrected chi connectivity index (χ4v) is 7.20. The highest BCUT2D eigenvalue weighted by Gasteiger charge is 2.60. The van der Waals surface area contributed by atoms with Crippen LogP contribution in [0.15, 0.2) is 0 Å². The molecule has 0 spiro atoms. The van der Waals surface area contributed by atoms with Gasteiger partial charge in [-0.25, -0.2) is 0 Å². The van der Waals surface area contributed by atoms with E-state index in [0.29, 0.717) is 23.2 Å². The van der Waals surface area contributed by atoms with Crippen molar-refractivity contribution in [2.75, 3.05) is 7.11 Å². The van der Waals surface area contributed by atoms with Crippen molar-refractivity contribution in [1.29, 1.82) is 0 Å². The highest BCUT2D eigenvalue weighted by molar-refractivity contribution is 5.87. The van der Waals surface area contributed by atoms with E-state index in [9.17, 15) is 4.79 Å². The predicted molar refractivity (Wildman–Crippen MR) is 87.5 cm³/mol. The van der Waals surface area contributed by atoms with Crippen molar-refractivity contribution in [1.82, 2.24) is 0 Å². The van der Waals surface area contributed by atoms with Gasteiger partial charge in [0.1, 0.15) is 5.78 Å². The molecule has 0 bridgehead atoms. The van der Waals surface area contributed by atoms with Gasteiger partial charge in [-0.15, -0.1) is 0 Å². The van der Waals surface area contributed by atoms with E-state index in [4.69, 9.17) is 4.74 Å². The van der Waals surface area contributed by atoms with E-state index < -0.39 is 0 Å². The van der Waals surface area contributed by atoms with Crippen LogP contribution >= 0.6 is 0 Å². The van der Waals surface area contributed by atoms with Crippen LogP contribution in [0.25, 0.3) is 0 Å². The molecule has 2 nitrogen and oxygen atoms in total. The van der Waals surface area contributed by atoms with Gasteiger partial charge in [0.25, 0.3) is 0 Å². The molecule has 124 valence electrons. The van der Waals surface area contributed by atoms with Crippen LogP contribution in [0.3, 0.4) is 0 Å². The zero-order chi connectivity index (χ0) is 15.5. The Morgan fingerprint density at radius 1 is 1.00 bits per heavy atom. The number of hydrogen-bond donors (Lipinski definition) is 0. The molecule has 0 aliphatic heterocycles. The van der Waals surface area contributed by atoms with Crippen LogP contribution < -0.4 is 0 Å². The highest BCUT2D eigenvalue weighted by atomic mass is 16.5. The first-order chi connectivity index (χ1) is 10.5. The number of methoxy groups -OCH3 is 1. The predicted octanol–water partition coefficient (Wildman–Crippen LogP) is 4.61. The summed E-state index contributed by atoms with van der Waals surface area (Å²) in [7, 11) is 1.88. The summed E-state index contributed by atoms with van der Waals surface area (Å²) in [4.78, 5) is 12.4. The van der Waals surface area contributed by atoms with Gasteiger partial charge in [-0.05, 0) is 80.5 Å². The van der Waals surface area contributed by atoms with Crippen molar-refractivity contribution in [2.24, 2.45) is 34.5 Å². The maximum absolute atomic E-state index is 12.4. The Morgan fingerprint density at radius 3 is 2.59 bits per heavy atom. The van der Waals surface area contributed by atoms with Crippen LogP contribution in [0.2, 0.25) is 0 Å². The molecule has 4 rings (SSSR count). The van der Waals surface area contributed by atoms with Crippen LogP contribution in [-0.2, 0) is 9.53 Å². The standard InChI is InChI=1S/C20H32O2/c1-19-10-8-14(22-3)12-13(19)4-5-15-16-6-7-18(21)20(16,2)11-9-17(15)19/h13-17H,4-12H2,1-3H3/t13?,14-,15+,16+,17+,19+,20+/m1/s1. The SMILES string of the molecule is CO[C@@H]1CC[C@@]2(C)C(CC[C@@H]3[C@@H]2CC[C@]2(C)C(=O)CC[C@@H]32)C1. The Hall–Kier alpha value is -0.370. The van der Waals surface area contributed by atoms with Crippen molar-refractivity contribution in [3.63, 3.8) is 0 Å². The second kappa shape index (κ2) is 5.06. The molecule has 4 fully saturated rings. The number of Topliss-reactive ketones (excluding diaryl/α,β-unsaturated/α-hetero) is 1. The quantitative estimate of drug-likeness (QED) is 0.707. The first-order valence-electron chi connectivity index (χ1n) is 9.55. The molecular weight excluding hydrogens is 272 g/mol.